The second-order valence-electron chi connectivity index (χ2n) is 6.50. The molecule has 3 heterocycles. The zero-order chi connectivity index (χ0) is 19.0. The largest absolute Gasteiger partial charge is 0.469 e. The highest BCUT2D eigenvalue weighted by molar-refractivity contribution is 7.15. The minimum Gasteiger partial charge on any atom is -0.469 e. The summed E-state index contributed by atoms with van der Waals surface area (Å²) in [4.78, 5) is 31.5. The number of imidazole rings is 1. The lowest BCUT2D eigenvalue weighted by molar-refractivity contribution is -0.146. The maximum absolute atomic E-state index is 13.5. The first-order valence-electron chi connectivity index (χ1n) is 8.66. The molecular formula is C19H18FN3O3S. The summed E-state index contributed by atoms with van der Waals surface area (Å²) >= 11 is 1.37. The van der Waals surface area contributed by atoms with Gasteiger partial charge in [0.05, 0.1) is 18.7 Å². The van der Waals surface area contributed by atoms with Crippen LogP contribution in [0.4, 0.5) is 4.39 Å². The molecule has 4 rings (SSSR count). The molecule has 0 unspecified atom stereocenters. The lowest BCUT2D eigenvalue weighted by Gasteiger charge is -2.30. The second-order valence-corrected chi connectivity index (χ2v) is 7.34. The number of halogens is 1. The molecule has 1 aliphatic heterocycles. The molecule has 27 heavy (non-hydrogen) atoms. The molecule has 3 aromatic rings. The van der Waals surface area contributed by atoms with Crippen molar-refractivity contribution >= 4 is 28.2 Å². The number of fused-ring (bicyclic) bond motifs is 1. The van der Waals surface area contributed by atoms with Crippen molar-refractivity contribution in [3.8, 4) is 11.3 Å². The Morgan fingerprint density at radius 1 is 1.30 bits per heavy atom. The minimum atomic E-state index is -0.325. The van der Waals surface area contributed by atoms with Crippen molar-refractivity contribution in [2.24, 2.45) is 5.92 Å². The van der Waals surface area contributed by atoms with Crippen LogP contribution in [0.25, 0.3) is 16.2 Å². The third-order valence-electron chi connectivity index (χ3n) is 4.87. The van der Waals surface area contributed by atoms with Crippen molar-refractivity contribution in [3.05, 3.63) is 47.4 Å². The van der Waals surface area contributed by atoms with Crippen LogP contribution in [-0.2, 0) is 9.53 Å². The van der Waals surface area contributed by atoms with Crippen LogP contribution >= 0.6 is 11.3 Å². The molecule has 1 fully saturated rings. The molecule has 0 atom stereocenters. The smallest absolute Gasteiger partial charge is 0.308 e. The van der Waals surface area contributed by atoms with Crippen molar-refractivity contribution in [2.45, 2.75) is 12.8 Å². The number of carbonyl (C=O) groups is 2. The van der Waals surface area contributed by atoms with Gasteiger partial charge in [-0.2, -0.15) is 0 Å². The van der Waals surface area contributed by atoms with E-state index in [0.29, 0.717) is 47.8 Å². The fourth-order valence-electron chi connectivity index (χ4n) is 3.37. The Morgan fingerprint density at radius 2 is 2.07 bits per heavy atom. The number of nitrogens with zero attached hydrogens (tertiary/aromatic N) is 3. The molecule has 0 bridgehead atoms. The molecule has 8 heteroatoms. The molecule has 0 N–H and O–H groups in total. The highest BCUT2D eigenvalue weighted by atomic mass is 32.1. The number of benzene rings is 1. The van der Waals surface area contributed by atoms with E-state index in [1.54, 1.807) is 33.0 Å². The summed E-state index contributed by atoms with van der Waals surface area (Å²) in [5.74, 6) is -0.773. The van der Waals surface area contributed by atoms with Gasteiger partial charge in [-0.25, -0.2) is 9.37 Å². The highest BCUT2D eigenvalue weighted by Crippen LogP contribution is 2.26. The molecule has 140 valence electrons. The Morgan fingerprint density at radius 3 is 2.78 bits per heavy atom. The monoisotopic (exact) mass is 387 g/mol. The van der Waals surface area contributed by atoms with Crippen molar-refractivity contribution < 1.29 is 18.7 Å². The zero-order valence-corrected chi connectivity index (χ0v) is 15.5. The van der Waals surface area contributed by atoms with Gasteiger partial charge in [0, 0.05) is 30.2 Å². The molecule has 0 radical (unpaired) electrons. The zero-order valence-electron chi connectivity index (χ0n) is 14.7. The summed E-state index contributed by atoms with van der Waals surface area (Å²) in [7, 11) is 1.39. The average Bonchev–Trinajstić information content (AvgIpc) is 3.28. The number of methoxy groups -OCH3 is 1. The number of amides is 1. The van der Waals surface area contributed by atoms with Gasteiger partial charge in [0.1, 0.15) is 11.5 Å². The van der Waals surface area contributed by atoms with Crippen molar-refractivity contribution in [1.82, 2.24) is 14.3 Å². The van der Waals surface area contributed by atoms with E-state index in [-0.39, 0.29) is 23.6 Å². The molecule has 6 nitrogen and oxygen atoms in total. The standard InChI is InChI=1S/C19H18FN3O3S/c1-26-18(25)12-5-7-22(8-6-12)17(24)16-11-27-19-21-15(10-23(16)19)13-3-2-4-14(20)9-13/h2-4,9-12H,5-8H2,1H3. The van der Waals surface area contributed by atoms with Gasteiger partial charge in [0.2, 0.25) is 0 Å². The van der Waals surface area contributed by atoms with Gasteiger partial charge in [-0.15, -0.1) is 11.3 Å². The van der Waals surface area contributed by atoms with E-state index in [1.807, 2.05) is 0 Å². The third kappa shape index (κ3) is 3.32. The van der Waals surface area contributed by atoms with E-state index >= 15 is 0 Å². The predicted molar refractivity (Wildman–Crippen MR) is 99.1 cm³/mol. The third-order valence-corrected chi connectivity index (χ3v) is 5.71. The summed E-state index contributed by atoms with van der Waals surface area (Å²) < 4.78 is 20.0. The van der Waals surface area contributed by atoms with E-state index in [9.17, 15) is 14.0 Å². The number of ether oxygens (including phenoxy) is 1. The number of hydrogen-bond acceptors (Lipinski definition) is 5. The maximum Gasteiger partial charge on any atom is 0.308 e. The van der Waals surface area contributed by atoms with Gasteiger partial charge in [-0.1, -0.05) is 12.1 Å². The SMILES string of the molecule is COC(=O)C1CCN(C(=O)c2csc3nc(-c4cccc(F)c4)cn23)CC1. The van der Waals surface area contributed by atoms with Gasteiger partial charge >= 0.3 is 5.97 Å². The van der Waals surface area contributed by atoms with Crippen LogP contribution in [0.5, 0.6) is 0 Å². The summed E-state index contributed by atoms with van der Waals surface area (Å²) in [6.07, 6.45) is 2.96. The van der Waals surface area contributed by atoms with Gasteiger partial charge in [-0.05, 0) is 25.0 Å². The van der Waals surface area contributed by atoms with Crippen molar-refractivity contribution in [2.75, 3.05) is 20.2 Å². The summed E-state index contributed by atoms with van der Waals surface area (Å²) in [5, 5.41) is 1.78. The van der Waals surface area contributed by atoms with Gasteiger partial charge < -0.3 is 9.64 Å². The predicted octanol–water partition coefficient (Wildman–Crippen LogP) is 3.23. The molecule has 0 aliphatic carbocycles. The van der Waals surface area contributed by atoms with E-state index in [2.05, 4.69) is 4.98 Å². The number of esters is 1. The first kappa shape index (κ1) is 17.7. The number of hydrogen-bond donors (Lipinski definition) is 0. The van der Waals surface area contributed by atoms with Crippen LogP contribution in [0.15, 0.2) is 35.8 Å². The van der Waals surface area contributed by atoms with Crippen LogP contribution in [-0.4, -0.2) is 46.4 Å². The number of carbonyl (C=O) groups excluding carboxylic acids is 2. The highest BCUT2D eigenvalue weighted by Gasteiger charge is 2.29. The Bertz CT molecular complexity index is 1000. The number of rotatable bonds is 3. The summed E-state index contributed by atoms with van der Waals surface area (Å²) in [6.45, 7) is 1.03. The normalized spacial score (nSPS) is 15.3. The van der Waals surface area contributed by atoms with E-state index in [0.717, 1.165) is 0 Å². The molecule has 0 saturated carbocycles. The number of aromatic nitrogens is 2. The van der Waals surface area contributed by atoms with Crippen LogP contribution in [0.2, 0.25) is 0 Å². The van der Waals surface area contributed by atoms with Gasteiger partial charge in [-0.3, -0.25) is 14.0 Å². The van der Waals surface area contributed by atoms with E-state index in [4.69, 9.17) is 4.74 Å². The molecule has 2 aromatic heterocycles. The number of thiazole rings is 1. The summed E-state index contributed by atoms with van der Waals surface area (Å²) in [5.41, 5.74) is 1.82. The Labute approximate surface area is 159 Å². The molecule has 1 aliphatic rings. The fourth-order valence-corrected chi connectivity index (χ4v) is 4.22. The van der Waals surface area contributed by atoms with E-state index in [1.165, 1.54) is 30.6 Å². The van der Waals surface area contributed by atoms with Crippen molar-refractivity contribution in [3.63, 3.8) is 0 Å². The Kier molecular flexibility index (Phi) is 4.65. The topological polar surface area (TPSA) is 63.9 Å². The lowest BCUT2D eigenvalue weighted by Crippen LogP contribution is -2.40. The molecule has 1 saturated heterocycles. The maximum atomic E-state index is 13.5. The number of likely N-dealkylation sites (tertiary alicyclic amines) is 1. The van der Waals surface area contributed by atoms with Crippen LogP contribution in [0.1, 0.15) is 23.3 Å². The Hall–Kier alpha value is -2.74. The van der Waals surface area contributed by atoms with Crippen LogP contribution < -0.4 is 0 Å². The van der Waals surface area contributed by atoms with Crippen molar-refractivity contribution in [1.29, 1.82) is 0 Å². The molecular weight excluding hydrogens is 369 g/mol. The summed E-state index contributed by atoms with van der Waals surface area (Å²) in [6, 6.07) is 6.23. The van der Waals surface area contributed by atoms with Gasteiger partial charge in [0.25, 0.3) is 5.91 Å². The first-order valence-corrected chi connectivity index (χ1v) is 9.54. The quantitative estimate of drug-likeness (QED) is 0.648. The lowest BCUT2D eigenvalue weighted by atomic mass is 9.97. The minimum absolute atomic E-state index is 0.0900. The second kappa shape index (κ2) is 7.11. The number of piperidine rings is 1. The van der Waals surface area contributed by atoms with E-state index < -0.39 is 0 Å². The van der Waals surface area contributed by atoms with Crippen LogP contribution in [0.3, 0.4) is 0 Å². The van der Waals surface area contributed by atoms with Gasteiger partial charge in [0.15, 0.2) is 4.96 Å². The first-order chi connectivity index (χ1) is 13.1. The molecule has 1 amide bonds. The fraction of sp³-hybridized carbons (Fsp3) is 0.316. The average molecular weight is 387 g/mol. The van der Waals surface area contributed by atoms with Crippen LogP contribution in [0, 0.1) is 11.7 Å². The molecule has 1 aromatic carbocycles. The molecule has 0 spiro atoms. The Balaban J connectivity index is 1.56.